The summed E-state index contributed by atoms with van der Waals surface area (Å²) in [5.41, 5.74) is 5.54. The fraction of sp³-hybridized carbons (Fsp3) is 0.600. The first-order valence-electron chi connectivity index (χ1n) is 6.06. The van der Waals surface area contributed by atoms with Gasteiger partial charge in [0.05, 0.1) is 12.7 Å². The number of anilines is 1. The van der Waals surface area contributed by atoms with E-state index in [2.05, 4.69) is 21.8 Å². The molecule has 0 aromatic carbocycles. The second kappa shape index (κ2) is 6.07. The zero-order chi connectivity index (χ0) is 15.8. The van der Waals surface area contributed by atoms with Gasteiger partial charge in [0.1, 0.15) is 18.1 Å². The van der Waals surface area contributed by atoms with E-state index in [0.29, 0.717) is 5.56 Å². The first kappa shape index (κ1) is 16.5. The molecule has 1 fully saturated rings. The molecule has 0 amide bonds. The van der Waals surface area contributed by atoms with Crippen LogP contribution < -0.4 is 11.4 Å². The highest BCUT2D eigenvalue weighted by molar-refractivity contribution is 8.44. The van der Waals surface area contributed by atoms with E-state index in [9.17, 15) is 14.5 Å². The minimum absolute atomic E-state index is 0.126. The number of hydrogen-bond acceptors (Lipinski definition) is 7. The van der Waals surface area contributed by atoms with Crippen molar-refractivity contribution in [2.24, 2.45) is 0 Å². The van der Waals surface area contributed by atoms with E-state index in [1.165, 1.54) is 10.8 Å². The maximum Gasteiger partial charge on any atom is 0.383 e. The topological polar surface area (TPSA) is 137 Å². The highest BCUT2D eigenvalue weighted by atomic mass is 32.7. The van der Waals surface area contributed by atoms with Crippen LogP contribution in [0.2, 0.25) is 0 Å². The van der Waals surface area contributed by atoms with Crippen LogP contribution in [0.25, 0.3) is 0 Å². The van der Waals surface area contributed by atoms with Crippen LogP contribution in [0.3, 0.4) is 0 Å². The fourth-order valence-electron chi connectivity index (χ4n) is 1.99. The molecule has 2 rings (SSSR count). The summed E-state index contributed by atoms with van der Waals surface area (Å²) in [7, 11) is 0. The third-order valence-electron chi connectivity index (χ3n) is 3.10. The summed E-state index contributed by atoms with van der Waals surface area (Å²) in [6.45, 7) is -2.58. The number of hydrogen-bond donors (Lipinski definition) is 4. The van der Waals surface area contributed by atoms with Crippen LogP contribution in [0, 0.1) is 6.92 Å². The normalized spacial score (nSPS) is 28.5. The van der Waals surface area contributed by atoms with Crippen molar-refractivity contribution in [3.63, 3.8) is 0 Å². The third-order valence-corrected chi connectivity index (χ3v) is 3.93. The standard InChI is InChI=1S/C10H16N3O6PS/c1-5-3-13(10(15)12-9(5)11)8-2-6(14)7(19-8)4-18-20(16,17)21/h3,6-8,14H,2,4H2,1H3,(H2,11,12,15)(H2,16,17,21)/t6-,7-,8-/m1/s1. The SMILES string of the molecule is Cc1cn([C@H]2C[C@@H](O)[C@@H](COP(=O)(O)S)O2)c(=O)nc1N. The van der Waals surface area contributed by atoms with Gasteiger partial charge < -0.3 is 20.5 Å². The Kier molecular flexibility index (Phi) is 4.76. The predicted molar refractivity (Wildman–Crippen MR) is 76.9 cm³/mol. The third kappa shape index (κ3) is 4.06. The Hall–Kier alpha value is -0.900. The zero-order valence-corrected chi connectivity index (χ0v) is 12.9. The minimum Gasteiger partial charge on any atom is -0.390 e. The Bertz CT molecular complexity index is 632. The number of nitrogen functional groups attached to an aromatic ring is 1. The van der Waals surface area contributed by atoms with Crippen LogP contribution in [-0.2, 0) is 13.8 Å². The Morgan fingerprint density at radius 3 is 3.00 bits per heavy atom. The average molecular weight is 337 g/mol. The van der Waals surface area contributed by atoms with Gasteiger partial charge >= 0.3 is 12.5 Å². The molecule has 1 aliphatic heterocycles. The number of thiol groups is 1. The van der Waals surface area contributed by atoms with E-state index in [1.54, 1.807) is 6.92 Å². The summed E-state index contributed by atoms with van der Waals surface area (Å²) in [6.07, 6.45) is -0.916. The molecule has 0 radical (unpaired) electrons. The number of aryl methyl sites for hydroxylation is 1. The Morgan fingerprint density at radius 1 is 1.71 bits per heavy atom. The summed E-state index contributed by atoms with van der Waals surface area (Å²) >= 11 is 3.36. The first-order chi connectivity index (χ1) is 9.67. The van der Waals surface area contributed by atoms with Crippen molar-refractivity contribution in [3.8, 4) is 0 Å². The molecule has 1 aliphatic rings. The van der Waals surface area contributed by atoms with Crippen LogP contribution in [0.15, 0.2) is 11.0 Å². The first-order valence-corrected chi connectivity index (χ1v) is 8.79. The molecule has 0 bridgehead atoms. The highest BCUT2D eigenvalue weighted by Gasteiger charge is 2.36. The van der Waals surface area contributed by atoms with Crippen molar-refractivity contribution in [1.82, 2.24) is 9.55 Å². The van der Waals surface area contributed by atoms with Crippen LogP contribution >= 0.6 is 19.0 Å². The van der Waals surface area contributed by atoms with Gasteiger partial charge in [-0.1, -0.05) is 12.2 Å². The molecular formula is C10H16N3O6PS. The van der Waals surface area contributed by atoms with Gasteiger partial charge in [0.2, 0.25) is 0 Å². The van der Waals surface area contributed by atoms with E-state index in [1.807, 2.05) is 0 Å². The van der Waals surface area contributed by atoms with E-state index >= 15 is 0 Å². The Labute approximate surface area is 125 Å². The highest BCUT2D eigenvalue weighted by Crippen LogP contribution is 2.47. The molecule has 1 unspecified atom stereocenters. The molecule has 1 saturated heterocycles. The number of nitrogens with two attached hydrogens (primary N) is 1. The van der Waals surface area contributed by atoms with Crippen LogP contribution in [-0.4, -0.2) is 38.4 Å². The number of rotatable bonds is 4. The summed E-state index contributed by atoms with van der Waals surface area (Å²) in [6, 6.07) is 0. The van der Waals surface area contributed by atoms with Gasteiger partial charge in [-0.25, -0.2) is 9.36 Å². The van der Waals surface area contributed by atoms with E-state index in [0.717, 1.165) is 0 Å². The van der Waals surface area contributed by atoms with E-state index < -0.39 is 30.9 Å². The van der Waals surface area contributed by atoms with Gasteiger partial charge in [0.15, 0.2) is 0 Å². The monoisotopic (exact) mass is 337 g/mol. The molecule has 0 saturated carbocycles. The zero-order valence-electron chi connectivity index (χ0n) is 11.1. The largest absolute Gasteiger partial charge is 0.390 e. The molecule has 118 valence electrons. The van der Waals surface area contributed by atoms with Crippen molar-refractivity contribution in [3.05, 3.63) is 22.2 Å². The molecule has 4 atom stereocenters. The smallest absolute Gasteiger partial charge is 0.383 e. The summed E-state index contributed by atoms with van der Waals surface area (Å²) in [5.74, 6) is 0.131. The number of aromatic nitrogens is 2. The maximum absolute atomic E-state index is 11.8. The van der Waals surface area contributed by atoms with Gasteiger partial charge in [0, 0.05) is 18.2 Å². The second-order valence-corrected chi connectivity index (χ2v) is 7.47. The minimum atomic E-state index is -3.95. The summed E-state index contributed by atoms with van der Waals surface area (Å²) in [4.78, 5) is 24.4. The molecule has 21 heavy (non-hydrogen) atoms. The lowest BCUT2D eigenvalue weighted by Crippen LogP contribution is -2.29. The van der Waals surface area contributed by atoms with Gasteiger partial charge in [-0.05, 0) is 6.92 Å². The number of nitrogens with zero attached hydrogens (tertiary/aromatic N) is 2. The molecule has 1 aromatic rings. The lowest BCUT2D eigenvalue weighted by Gasteiger charge is -2.17. The molecule has 11 heteroatoms. The van der Waals surface area contributed by atoms with Crippen molar-refractivity contribution in [1.29, 1.82) is 0 Å². The Balaban J connectivity index is 2.12. The van der Waals surface area contributed by atoms with Crippen molar-refractivity contribution >= 4 is 24.9 Å². The lowest BCUT2D eigenvalue weighted by molar-refractivity contribution is -0.0415. The number of ether oxygens (including phenoxy) is 1. The molecule has 1 aromatic heterocycles. The maximum atomic E-state index is 11.8. The van der Waals surface area contributed by atoms with Gasteiger partial charge in [-0.2, -0.15) is 4.98 Å². The van der Waals surface area contributed by atoms with Crippen LogP contribution in [0.5, 0.6) is 0 Å². The van der Waals surface area contributed by atoms with Crippen LogP contribution in [0.4, 0.5) is 5.82 Å². The van der Waals surface area contributed by atoms with Gasteiger partial charge in [-0.3, -0.25) is 9.09 Å². The quantitative estimate of drug-likeness (QED) is 0.439. The fourth-order valence-corrected chi connectivity index (χ4v) is 2.53. The van der Waals surface area contributed by atoms with Crippen molar-refractivity contribution in [2.75, 3.05) is 12.3 Å². The molecule has 0 aliphatic carbocycles. The molecule has 9 nitrogen and oxygen atoms in total. The summed E-state index contributed by atoms with van der Waals surface area (Å²) in [5, 5.41) is 9.87. The summed E-state index contributed by atoms with van der Waals surface area (Å²) < 4.78 is 22.2. The van der Waals surface area contributed by atoms with Gasteiger partial charge in [-0.15, -0.1) is 0 Å². The average Bonchev–Trinajstić information content (AvgIpc) is 2.72. The molecule has 4 N–H and O–H groups in total. The van der Waals surface area contributed by atoms with Gasteiger partial charge in [0.25, 0.3) is 0 Å². The van der Waals surface area contributed by atoms with E-state index in [4.69, 9.17) is 15.4 Å². The molecular weight excluding hydrogens is 321 g/mol. The number of aliphatic hydroxyl groups is 1. The molecule has 2 heterocycles. The Morgan fingerprint density at radius 2 is 2.38 bits per heavy atom. The van der Waals surface area contributed by atoms with Crippen molar-refractivity contribution in [2.45, 2.75) is 31.8 Å². The predicted octanol–water partition coefficient (Wildman–Crippen LogP) is -0.171. The lowest BCUT2D eigenvalue weighted by atomic mass is 10.2. The second-order valence-electron chi connectivity index (χ2n) is 4.72. The van der Waals surface area contributed by atoms with Crippen molar-refractivity contribution < 1.29 is 23.8 Å². The molecule has 0 spiro atoms. The van der Waals surface area contributed by atoms with Crippen LogP contribution in [0.1, 0.15) is 18.2 Å². The number of aliphatic hydroxyl groups excluding tert-OH is 1. The van der Waals surface area contributed by atoms with E-state index in [-0.39, 0.29) is 18.8 Å².